The Morgan fingerprint density at radius 3 is 2.60 bits per heavy atom. The van der Waals surface area contributed by atoms with Crippen molar-refractivity contribution in [3.63, 3.8) is 0 Å². The number of carbonyl (C=O) groups is 1. The second-order valence-corrected chi connectivity index (χ2v) is 5.54. The molecule has 0 amide bonds. The van der Waals surface area contributed by atoms with Gasteiger partial charge < -0.3 is 4.74 Å². The van der Waals surface area contributed by atoms with E-state index in [1.165, 1.54) is 10.8 Å². The molecule has 6 heteroatoms. The number of H-pyrrole nitrogens is 1. The van der Waals surface area contributed by atoms with Crippen LogP contribution in [0.2, 0.25) is 0 Å². The molecule has 0 fully saturated rings. The molecule has 0 saturated heterocycles. The van der Waals surface area contributed by atoms with E-state index in [9.17, 15) is 14.4 Å². The van der Waals surface area contributed by atoms with Gasteiger partial charge in [-0.25, -0.2) is 4.79 Å². The molecule has 0 aliphatic heterocycles. The van der Waals surface area contributed by atoms with Gasteiger partial charge in [-0.3, -0.25) is 19.1 Å². The van der Waals surface area contributed by atoms with E-state index >= 15 is 0 Å². The van der Waals surface area contributed by atoms with Crippen LogP contribution in [-0.4, -0.2) is 22.1 Å². The molecule has 1 rings (SSSR count). The van der Waals surface area contributed by atoms with Crippen LogP contribution in [0.5, 0.6) is 0 Å². The summed E-state index contributed by atoms with van der Waals surface area (Å²) >= 11 is 0. The number of hydrogen-bond donors (Lipinski definition) is 1. The maximum atomic E-state index is 11.5. The summed E-state index contributed by atoms with van der Waals surface area (Å²) in [5.41, 5.74) is -0.899. The van der Waals surface area contributed by atoms with E-state index in [2.05, 4.69) is 4.98 Å². The van der Waals surface area contributed by atoms with Crippen LogP contribution in [0.4, 0.5) is 0 Å². The molecule has 0 aliphatic rings. The van der Waals surface area contributed by atoms with Gasteiger partial charge in [-0.05, 0) is 33.8 Å². The molecule has 1 heterocycles. The third-order valence-electron chi connectivity index (χ3n) is 2.58. The fraction of sp³-hybridized carbons (Fsp3) is 0.500. The van der Waals surface area contributed by atoms with Gasteiger partial charge in [-0.2, -0.15) is 0 Å². The molecule has 0 aliphatic carbocycles. The van der Waals surface area contributed by atoms with E-state index in [0.29, 0.717) is 12.1 Å². The van der Waals surface area contributed by atoms with Crippen LogP contribution in [0.25, 0.3) is 0 Å². The molecular weight excluding hydrogens is 260 g/mol. The zero-order valence-electron chi connectivity index (χ0n) is 12.2. The van der Waals surface area contributed by atoms with Crippen molar-refractivity contribution in [1.29, 1.82) is 0 Å². The molecule has 0 radical (unpaired) electrons. The van der Waals surface area contributed by atoms with Gasteiger partial charge in [0.05, 0.1) is 5.41 Å². The Morgan fingerprint density at radius 2 is 2.00 bits per heavy atom. The summed E-state index contributed by atoms with van der Waals surface area (Å²) in [6, 6.07) is 0. The lowest BCUT2D eigenvalue weighted by Crippen LogP contribution is -2.30. The molecule has 0 atom stereocenters. The Bertz CT molecular complexity index is 617. The van der Waals surface area contributed by atoms with Crippen LogP contribution in [0, 0.1) is 12.3 Å². The third-order valence-corrected chi connectivity index (χ3v) is 2.58. The van der Waals surface area contributed by atoms with E-state index in [0.717, 1.165) is 0 Å². The molecule has 0 spiro atoms. The van der Waals surface area contributed by atoms with E-state index < -0.39 is 11.1 Å². The molecule has 0 bridgehead atoms. The minimum absolute atomic E-state index is 0.160. The average Bonchev–Trinajstić information content (AvgIpc) is 2.33. The summed E-state index contributed by atoms with van der Waals surface area (Å²) in [6.07, 6.45) is 4.86. The van der Waals surface area contributed by atoms with Gasteiger partial charge in [-0.1, -0.05) is 6.08 Å². The van der Waals surface area contributed by atoms with Gasteiger partial charge in [-0.15, -0.1) is 0 Å². The Labute approximate surface area is 117 Å². The Balaban J connectivity index is 2.55. The van der Waals surface area contributed by atoms with E-state index in [4.69, 9.17) is 4.74 Å². The normalized spacial score (nSPS) is 11.8. The molecule has 0 saturated carbocycles. The minimum atomic E-state index is -0.527. The van der Waals surface area contributed by atoms with Crippen LogP contribution in [0.15, 0.2) is 27.9 Å². The van der Waals surface area contributed by atoms with E-state index in [1.807, 2.05) is 0 Å². The Morgan fingerprint density at radius 1 is 1.35 bits per heavy atom. The van der Waals surface area contributed by atoms with Crippen LogP contribution in [0.1, 0.15) is 26.3 Å². The number of nitrogens with zero attached hydrogens (tertiary/aromatic N) is 1. The first kappa shape index (κ1) is 15.9. The van der Waals surface area contributed by atoms with Gasteiger partial charge in [0, 0.05) is 18.3 Å². The van der Waals surface area contributed by atoms with Gasteiger partial charge in [0.1, 0.15) is 6.61 Å². The molecule has 0 aromatic carbocycles. The van der Waals surface area contributed by atoms with Gasteiger partial charge in [0.2, 0.25) is 0 Å². The summed E-state index contributed by atoms with van der Waals surface area (Å²) in [5.74, 6) is -0.279. The third kappa shape index (κ3) is 4.53. The molecule has 20 heavy (non-hydrogen) atoms. The SMILES string of the molecule is Cc1cn(CC=CCOC(=O)C(C)(C)C)c(=O)[nH]c1=O. The predicted molar refractivity (Wildman–Crippen MR) is 75.6 cm³/mol. The number of nitrogens with one attached hydrogen (secondary N) is 1. The number of allylic oxidation sites excluding steroid dienone is 1. The number of esters is 1. The number of hydrogen-bond acceptors (Lipinski definition) is 4. The lowest BCUT2D eigenvalue weighted by Gasteiger charge is -2.15. The fourth-order valence-electron chi connectivity index (χ4n) is 1.35. The zero-order chi connectivity index (χ0) is 15.3. The number of carbonyl (C=O) groups excluding carboxylic acids is 1. The van der Waals surface area contributed by atoms with Crippen molar-refractivity contribution in [3.8, 4) is 0 Å². The predicted octanol–water partition coefficient (Wildman–Crippen LogP) is 0.991. The largest absolute Gasteiger partial charge is 0.461 e. The second-order valence-electron chi connectivity index (χ2n) is 5.54. The fourth-order valence-corrected chi connectivity index (χ4v) is 1.35. The van der Waals surface area contributed by atoms with Crippen molar-refractivity contribution >= 4 is 5.97 Å². The molecule has 6 nitrogen and oxygen atoms in total. The smallest absolute Gasteiger partial charge is 0.328 e. The highest BCUT2D eigenvalue weighted by atomic mass is 16.5. The number of aromatic amines is 1. The van der Waals surface area contributed by atoms with Crippen molar-refractivity contribution in [3.05, 3.63) is 44.8 Å². The van der Waals surface area contributed by atoms with Crippen LogP contribution < -0.4 is 11.2 Å². The van der Waals surface area contributed by atoms with Gasteiger partial charge >= 0.3 is 11.7 Å². The van der Waals surface area contributed by atoms with Gasteiger partial charge in [0.15, 0.2) is 0 Å². The molecule has 1 N–H and O–H groups in total. The summed E-state index contributed by atoms with van der Waals surface area (Å²) in [4.78, 5) is 36.4. The molecule has 1 aromatic heterocycles. The first-order valence-corrected chi connectivity index (χ1v) is 6.34. The summed E-state index contributed by atoms with van der Waals surface area (Å²) in [7, 11) is 0. The van der Waals surface area contributed by atoms with E-state index in [-0.39, 0.29) is 18.1 Å². The number of rotatable bonds is 4. The Kier molecular flexibility index (Phi) is 5.07. The molecule has 0 unspecified atom stereocenters. The van der Waals surface area contributed by atoms with Crippen molar-refractivity contribution in [1.82, 2.24) is 9.55 Å². The maximum Gasteiger partial charge on any atom is 0.328 e. The first-order valence-electron chi connectivity index (χ1n) is 6.34. The molecule has 110 valence electrons. The standard InChI is InChI=1S/C14H20N2O4/c1-10-9-16(13(19)15-11(10)17)7-5-6-8-20-12(18)14(2,3)4/h5-6,9H,7-8H2,1-4H3,(H,15,17,19). The van der Waals surface area contributed by atoms with Crippen LogP contribution in [0.3, 0.4) is 0 Å². The van der Waals surface area contributed by atoms with Crippen LogP contribution >= 0.6 is 0 Å². The monoisotopic (exact) mass is 280 g/mol. The summed E-state index contributed by atoms with van der Waals surface area (Å²) in [5, 5.41) is 0. The van der Waals surface area contributed by atoms with E-state index in [1.54, 1.807) is 39.8 Å². The van der Waals surface area contributed by atoms with Gasteiger partial charge in [0.25, 0.3) is 5.56 Å². The highest BCUT2D eigenvalue weighted by molar-refractivity contribution is 5.75. The topological polar surface area (TPSA) is 81.2 Å². The molecular formula is C14H20N2O4. The van der Waals surface area contributed by atoms with Crippen LogP contribution in [-0.2, 0) is 16.1 Å². The average molecular weight is 280 g/mol. The number of aromatic nitrogens is 2. The lowest BCUT2D eigenvalue weighted by molar-refractivity contribution is -0.151. The lowest BCUT2D eigenvalue weighted by atomic mass is 9.97. The Hall–Kier alpha value is -2.11. The van der Waals surface area contributed by atoms with Crippen molar-refractivity contribution < 1.29 is 9.53 Å². The maximum absolute atomic E-state index is 11.5. The summed E-state index contributed by atoms with van der Waals surface area (Å²) < 4.78 is 6.42. The van der Waals surface area contributed by atoms with Crippen molar-refractivity contribution in [2.45, 2.75) is 34.2 Å². The number of aryl methyl sites for hydroxylation is 1. The molecule has 1 aromatic rings. The minimum Gasteiger partial charge on any atom is -0.461 e. The van der Waals surface area contributed by atoms with Crippen molar-refractivity contribution in [2.24, 2.45) is 5.41 Å². The highest BCUT2D eigenvalue weighted by Gasteiger charge is 2.22. The summed E-state index contributed by atoms with van der Waals surface area (Å²) in [6.45, 7) is 7.44. The van der Waals surface area contributed by atoms with Crippen molar-refractivity contribution in [2.75, 3.05) is 6.61 Å². The number of ether oxygens (including phenoxy) is 1. The zero-order valence-corrected chi connectivity index (χ0v) is 12.2. The second kappa shape index (κ2) is 6.36. The quantitative estimate of drug-likeness (QED) is 0.658. The highest BCUT2D eigenvalue weighted by Crippen LogP contribution is 2.14. The first-order chi connectivity index (χ1) is 9.21.